The van der Waals surface area contributed by atoms with Crippen molar-refractivity contribution < 1.29 is 13.9 Å². The second kappa shape index (κ2) is 9.43. The molecule has 0 aliphatic carbocycles. The fourth-order valence-electron chi connectivity index (χ4n) is 2.88. The molecule has 0 spiro atoms. The van der Waals surface area contributed by atoms with Gasteiger partial charge in [-0.05, 0) is 47.5 Å². The average Bonchev–Trinajstić information content (AvgIpc) is 3.28. The summed E-state index contributed by atoms with van der Waals surface area (Å²) in [5.41, 5.74) is 2.89. The van der Waals surface area contributed by atoms with Gasteiger partial charge in [-0.15, -0.1) is 0 Å². The van der Waals surface area contributed by atoms with Gasteiger partial charge in [-0.3, -0.25) is 4.79 Å². The molecule has 0 radical (unpaired) electrons. The number of rotatable bonds is 7. The Labute approximate surface area is 175 Å². The standard InChI is InChI=1S/C26H21NO3/c28-26(25-18-17-24(30-25)19-29-23-9-5-2-6-10-23)27-22-15-13-21(14-16-22)12-11-20-7-3-1-4-8-20/h1-18H,19H2,(H,27,28). The molecule has 0 bridgehead atoms. The summed E-state index contributed by atoms with van der Waals surface area (Å²) in [6.45, 7) is 0.264. The average molecular weight is 395 g/mol. The summed E-state index contributed by atoms with van der Waals surface area (Å²) in [7, 11) is 0. The van der Waals surface area contributed by atoms with Gasteiger partial charge in [0.2, 0.25) is 0 Å². The summed E-state index contributed by atoms with van der Waals surface area (Å²) in [5, 5.41) is 2.85. The lowest BCUT2D eigenvalue weighted by atomic mass is 10.1. The Morgan fingerprint density at radius 3 is 2.10 bits per heavy atom. The fourth-order valence-corrected chi connectivity index (χ4v) is 2.88. The lowest BCUT2D eigenvalue weighted by molar-refractivity contribution is 0.0992. The van der Waals surface area contributed by atoms with E-state index < -0.39 is 0 Å². The van der Waals surface area contributed by atoms with Crippen molar-refractivity contribution >= 4 is 23.7 Å². The second-order valence-corrected chi connectivity index (χ2v) is 6.69. The molecule has 30 heavy (non-hydrogen) atoms. The number of hydrogen-bond donors (Lipinski definition) is 1. The molecule has 1 N–H and O–H groups in total. The van der Waals surface area contributed by atoms with Crippen LogP contribution in [0.1, 0.15) is 27.4 Å². The SMILES string of the molecule is O=C(Nc1ccc(C=Cc2ccccc2)cc1)c1ccc(COc2ccccc2)o1. The zero-order valence-corrected chi connectivity index (χ0v) is 16.3. The number of para-hydroxylation sites is 1. The minimum absolute atomic E-state index is 0.245. The number of benzene rings is 3. The molecule has 0 fully saturated rings. The molecule has 1 heterocycles. The van der Waals surface area contributed by atoms with Gasteiger partial charge in [0, 0.05) is 5.69 Å². The minimum atomic E-state index is -0.298. The van der Waals surface area contributed by atoms with Crippen LogP contribution in [0.15, 0.2) is 101 Å². The highest BCUT2D eigenvalue weighted by Gasteiger charge is 2.12. The van der Waals surface area contributed by atoms with Gasteiger partial charge in [-0.25, -0.2) is 0 Å². The molecule has 0 atom stereocenters. The molecular formula is C26H21NO3. The van der Waals surface area contributed by atoms with Crippen LogP contribution < -0.4 is 10.1 Å². The smallest absolute Gasteiger partial charge is 0.291 e. The summed E-state index contributed by atoms with van der Waals surface area (Å²) in [4.78, 5) is 12.4. The number of hydrogen-bond acceptors (Lipinski definition) is 3. The Hall–Kier alpha value is -4.05. The number of anilines is 1. The largest absolute Gasteiger partial charge is 0.486 e. The maximum atomic E-state index is 12.4. The van der Waals surface area contributed by atoms with Gasteiger partial charge in [-0.1, -0.05) is 72.8 Å². The molecule has 148 valence electrons. The Balaban J connectivity index is 1.32. The monoisotopic (exact) mass is 395 g/mol. The third-order valence-corrected chi connectivity index (χ3v) is 4.45. The van der Waals surface area contributed by atoms with Gasteiger partial charge in [0.05, 0.1) is 0 Å². The Kier molecular flexibility index (Phi) is 6.06. The van der Waals surface area contributed by atoms with Crippen molar-refractivity contribution in [1.82, 2.24) is 0 Å². The van der Waals surface area contributed by atoms with Crippen molar-refractivity contribution in [3.63, 3.8) is 0 Å². The first kappa shape index (κ1) is 19.3. The van der Waals surface area contributed by atoms with Crippen molar-refractivity contribution in [2.45, 2.75) is 6.61 Å². The summed E-state index contributed by atoms with van der Waals surface area (Å²) in [6.07, 6.45) is 4.09. The van der Waals surface area contributed by atoms with Crippen molar-refractivity contribution in [3.05, 3.63) is 120 Å². The number of furan rings is 1. The highest BCUT2D eigenvalue weighted by Crippen LogP contribution is 2.17. The maximum Gasteiger partial charge on any atom is 0.291 e. The van der Waals surface area contributed by atoms with E-state index in [1.54, 1.807) is 12.1 Å². The lowest BCUT2D eigenvalue weighted by Gasteiger charge is -2.05. The van der Waals surface area contributed by atoms with Gasteiger partial charge >= 0.3 is 0 Å². The van der Waals surface area contributed by atoms with E-state index in [1.807, 2.05) is 91.0 Å². The van der Waals surface area contributed by atoms with E-state index in [0.717, 1.165) is 16.9 Å². The van der Waals surface area contributed by atoms with Crippen LogP contribution in [-0.2, 0) is 6.61 Å². The molecule has 0 saturated heterocycles. The van der Waals surface area contributed by atoms with Crippen LogP contribution in [0, 0.1) is 0 Å². The number of carbonyl (C=O) groups is 1. The minimum Gasteiger partial charge on any atom is -0.486 e. The highest BCUT2D eigenvalue weighted by molar-refractivity contribution is 6.02. The van der Waals surface area contributed by atoms with Crippen LogP contribution in [-0.4, -0.2) is 5.91 Å². The molecule has 1 aromatic heterocycles. The quantitative estimate of drug-likeness (QED) is 0.375. The van der Waals surface area contributed by atoms with Gasteiger partial charge in [0.15, 0.2) is 5.76 Å². The van der Waals surface area contributed by atoms with E-state index in [1.165, 1.54) is 0 Å². The van der Waals surface area contributed by atoms with Crippen LogP contribution in [0.5, 0.6) is 5.75 Å². The molecule has 0 saturated carbocycles. The molecule has 4 heteroatoms. The molecule has 4 aromatic rings. The van der Waals surface area contributed by atoms with Crippen LogP contribution >= 0.6 is 0 Å². The first-order valence-electron chi connectivity index (χ1n) is 9.67. The van der Waals surface area contributed by atoms with E-state index in [4.69, 9.17) is 9.15 Å². The second-order valence-electron chi connectivity index (χ2n) is 6.69. The van der Waals surface area contributed by atoms with Crippen LogP contribution in [0.3, 0.4) is 0 Å². The zero-order valence-electron chi connectivity index (χ0n) is 16.3. The fraction of sp³-hybridized carbons (Fsp3) is 0.0385. The molecule has 0 aliphatic heterocycles. The normalized spacial score (nSPS) is 10.8. The van der Waals surface area contributed by atoms with Crippen LogP contribution in [0.4, 0.5) is 5.69 Å². The van der Waals surface area contributed by atoms with Gasteiger partial charge < -0.3 is 14.5 Å². The summed E-state index contributed by atoms with van der Waals surface area (Å²) in [6, 6.07) is 30.6. The van der Waals surface area contributed by atoms with Gasteiger partial charge in [0.25, 0.3) is 5.91 Å². The van der Waals surface area contributed by atoms with E-state index in [0.29, 0.717) is 11.4 Å². The number of nitrogens with one attached hydrogen (secondary N) is 1. The van der Waals surface area contributed by atoms with Gasteiger partial charge in [-0.2, -0.15) is 0 Å². The molecule has 1 amide bonds. The maximum absolute atomic E-state index is 12.4. The van der Waals surface area contributed by atoms with Crippen LogP contribution in [0.25, 0.3) is 12.2 Å². The molecule has 4 rings (SSSR count). The third kappa shape index (κ3) is 5.26. The molecule has 0 unspecified atom stereocenters. The number of amides is 1. The third-order valence-electron chi connectivity index (χ3n) is 4.45. The van der Waals surface area contributed by atoms with E-state index in [-0.39, 0.29) is 18.3 Å². The van der Waals surface area contributed by atoms with E-state index in [2.05, 4.69) is 11.4 Å². The first-order chi connectivity index (χ1) is 14.8. The first-order valence-corrected chi connectivity index (χ1v) is 9.67. The summed E-state index contributed by atoms with van der Waals surface area (Å²) < 4.78 is 11.2. The van der Waals surface area contributed by atoms with Crippen molar-refractivity contribution in [2.75, 3.05) is 5.32 Å². The molecule has 3 aromatic carbocycles. The predicted molar refractivity (Wildman–Crippen MR) is 119 cm³/mol. The Morgan fingerprint density at radius 2 is 1.40 bits per heavy atom. The Morgan fingerprint density at radius 1 is 0.767 bits per heavy atom. The van der Waals surface area contributed by atoms with Gasteiger partial charge in [0.1, 0.15) is 18.1 Å². The number of carbonyl (C=O) groups excluding carboxylic acids is 1. The number of ether oxygens (including phenoxy) is 1. The lowest BCUT2D eigenvalue weighted by Crippen LogP contribution is -2.10. The molecule has 4 nitrogen and oxygen atoms in total. The van der Waals surface area contributed by atoms with Crippen molar-refractivity contribution in [2.24, 2.45) is 0 Å². The highest BCUT2D eigenvalue weighted by atomic mass is 16.5. The zero-order chi connectivity index (χ0) is 20.6. The van der Waals surface area contributed by atoms with Crippen molar-refractivity contribution in [3.8, 4) is 5.75 Å². The molecular weight excluding hydrogens is 374 g/mol. The van der Waals surface area contributed by atoms with Crippen molar-refractivity contribution in [1.29, 1.82) is 0 Å². The predicted octanol–water partition coefficient (Wildman–Crippen LogP) is 6.28. The van der Waals surface area contributed by atoms with Crippen LogP contribution in [0.2, 0.25) is 0 Å². The summed E-state index contributed by atoms with van der Waals surface area (Å²) in [5.74, 6) is 1.29. The van der Waals surface area contributed by atoms with E-state index in [9.17, 15) is 4.79 Å². The Bertz CT molecular complexity index is 1110. The van der Waals surface area contributed by atoms with E-state index >= 15 is 0 Å². The summed E-state index contributed by atoms with van der Waals surface area (Å²) >= 11 is 0. The molecule has 0 aliphatic rings. The topological polar surface area (TPSA) is 51.5 Å².